The van der Waals surface area contributed by atoms with Gasteiger partial charge in [-0.3, -0.25) is 4.79 Å². The number of carbonyl (C=O) groups excluding carboxylic acids is 1. The lowest BCUT2D eigenvalue weighted by molar-refractivity contribution is 0.112. The van der Waals surface area contributed by atoms with Crippen molar-refractivity contribution in [1.29, 1.82) is 0 Å². The summed E-state index contributed by atoms with van der Waals surface area (Å²) in [4.78, 5) is 11.2. The zero-order valence-electron chi connectivity index (χ0n) is 20.2. The zero-order chi connectivity index (χ0) is 23.7. The van der Waals surface area contributed by atoms with Gasteiger partial charge < -0.3 is 4.74 Å². The lowest BCUT2D eigenvalue weighted by Crippen LogP contribution is -2.00. The van der Waals surface area contributed by atoms with Crippen LogP contribution < -0.4 is 4.74 Å². The average molecular weight is 459 g/mol. The van der Waals surface area contributed by atoms with Crippen LogP contribution in [0.5, 0.6) is 5.75 Å². The van der Waals surface area contributed by atoms with E-state index in [9.17, 15) is 13.6 Å². The van der Waals surface area contributed by atoms with Crippen LogP contribution in [0.15, 0.2) is 36.4 Å². The zero-order valence-corrected chi connectivity index (χ0v) is 20.2. The van der Waals surface area contributed by atoms with Crippen molar-refractivity contribution in [3.8, 4) is 16.9 Å². The maximum atomic E-state index is 14.6. The Hall–Kier alpha value is -2.23. The van der Waals surface area contributed by atoms with Crippen LogP contribution in [0.4, 0.5) is 8.78 Å². The van der Waals surface area contributed by atoms with E-state index < -0.39 is 11.6 Å². The van der Waals surface area contributed by atoms with Crippen molar-refractivity contribution >= 4 is 6.29 Å². The molecule has 33 heavy (non-hydrogen) atoms. The summed E-state index contributed by atoms with van der Waals surface area (Å²) >= 11 is 0. The highest BCUT2D eigenvalue weighted by Crippen LogP contribution is 2.31. The van der Waals surface area contributed by atoms with Gasteiger partial charge in [-0.15, -0.1) is 0 Å². The van der Waals surface area contributed by atoms with Crippen molar-refractivity contribution in [2.45, 2.75) is 96.8 Å². The molecule has 182 valence electrons. The molecule has 0 fully saturated rings. The smallest absolute Gasteiger partial charge is 0.150 e. The Morgan fingerprint density at radius 1 is 0.727 bits per heavy atom. The fraction of sp³-hybridized carbons (Fsp3) is 0.552. The lowest BCUT2D eigenvalue weighted by atomic mass is 9.99. The van der Waals surface area contributed by atoms with Gasteiger partial charge in [0.25, 0.3) is 0 Å². The second kappa shape index (κ2) is 16.4. The van der Waals surface area contributed by atoms with Crippen LogP contribution in [0.1, 0.15) is 107 Å². The van der Waals surface area contributed by atoms with Gasteiger partial charge in [0.15, 0.2) is 6.29 Å². The van der Waals surface area contributed by atoms with E-state index in [0.717, 1.165) is 12.8 Å². The molecule has 0 atom stereocenters. The van der Waals surface area contributed by atoms with E-state index in [1.165, 1.54) is 89.2 Å². The Morgan fingerprint density at radius 3 is 1.73 bits per heavy atom. The first-order chi connectivity index (χ1) is 16.2. The number of rotatable bonds is 18. The predicted octanol–water partition coefficient (Wildman–Crippen LogP) is 9.30. The summed E-state index contributed by atoms with van der Waals surface area (Å²) in [6.07, 6.45) is 18.5. The molecule has 0 aromatic heterocycles. The van der Waals surface area contributed by atoms with E-state index in [1.54, 1.807) is 24.3 Å². The minimum atomic E-state index is -0.722. The normalized spacial score (nSPS) is 11.0. The predicted molar refractivity (Wildman–Crippen MR) is 133 cm³/mol. The minimum Gasteiger partial charge on any atom is -0.493 e. The molecule has 0 heterocycles. The lowest BCUT2D eigenvalue weighted by Gasteiger charge is -2.11. The van der Waals surface area contributed by atoms with E-state index in [0.29, 0.717) is 12.9 Å². The molecule has 0 radical (unpaired) electrons. The molecule has 0 unspecified atom stereocenters. The summed E-state index contributed by atoms with van der Waals surface area (Å²) in [5.41, 5.74) is 0.314. The van der Waals surface area contributed by atoms with Gasteiger partial charge in [0.05, 0.1) is 12.2 Å². The van der Waals surface area contributed by atoms with E-state index in [1.807, 2.05) is 0 Å². The van der Waals surface area contributed by atoms with E-state index in [2.05, 4.69) is 6.92 Å². The van der Waals surface area contributed by atoms with Crippen molar-refractivity contribution in [1.82, 2.24) is 0 Å². The fourth-order valence-electron chi connectivity index (χ4n) is 4.20. The third-order valence-corrected chi connectivity index (χ3v) is 6.14. The monoisotopic (exact) mass is 458 g/mol. The molecule has 2 rings (SSSR count). The quantitative estimate of drug-likeness (QED) is 0.164. The van der Waals surface area contributed by atoms with Crippen molar-refractivity contribution < 1.29 is 18.3 Å². The number of carbonyl (C=O) groups is 1. The van der Waals surface area contributed by atoms with Crippen LogP contribution in [0.3, 0.4) is 0 Å². The fourth-order valence-corrected chi connectivity index (χ4v) is 4.20. The summed E-state index contributed by atoms with van der Waals surface area (Å²) in [6, 6.07) is 8.80. The molecule has 0 N–H and O–H groups in total. The highest BCUT2D eigenvalue weighted by Gasteiger charge is 2.16. The summed E-state index contributed by atoms with van der Waals surface area (Å²) in [6.45, 7) is 2.70. The van der Waals surface area contributed by atoms with Gasteiger partial charge in [0, 0.05) is 17.7 Å². The molecule has 0 aliphatic rings. The molecule has 0 aliphatic heterocycles. The molecule has 0 amide bonds. The van der Waals surface area contributed by atoms with Crippen molar-refractivity contribution in [3.63, 3.8) is 0 Å². The van der Waals surface area contributed by atoms with E-state index >= 15 is 0 Å². The maximum Gasteiger partial charge on any atom is 0.150 e. The molecule has 0 spiro atoms. The second-order valence-corrected chi connectivity index (χ2v) is 8.91. The first-order valence-corrected chi connectivity index (χ1v) is 12.8. The molecule has 0 saturated heterocycles. The third kappa shape index (κ3) is 10.1. The van der Waals surface area contributed by atoms with Crippen LogP contribution in [0, 0.1) is 11.6 Å². The van der Waals surface area contributed by atoms with Crippen LogP contribution in [-0.4, -0.2) is 12.9 Å². The molecule has 4 heteroatoms. The van der Waals surface area contributed by atoms with Gasteiger partial charge in [-0.1, -0.05) is 115 Å². The molecule has 2 aromatic rings. The van der Waals surface area contributed by atoms with Crippen molar-refractivity contribution in [3.05, 3.63) is 53.6 Å². The van der Waals surface area contributed by atoms with Gasteiger partial charge in [-0.25, -0.2) is 8.78 Å². The Balaban J connectivity index is 1.58. The van der Waals surface area contributed by atoms with Crippen molar-refractivity contribution in [2.75, 3.05) is 6.61 Å². The first-order valence-electron chi connectivity index (χ1n) is 12.8. The van der Waals surface area contributed by atoms with Gasteiger partial charge in [-0.05, 0) is 12.0 Å². The standard InChI is InChI=1S/C29H40F2O2/c1-2-3-4-5-6-7-8-9-10-11-12-13-14-17-20-33-25-21-27(30)29(28(31)22-25)26-19-16-15-18-24(26)23-32/h15-16,18-19,21-23H,2-14,17,20H2,1H3. The highest BCUT2D eigenvalue weighted by molar-refractivity contribution is 5.87. The number of aldehydes is 1. The molecular weight excluding hydrogens is 418 g/mol. The Bertz CT molecular complexity index is 796. The number of halogens is 2. The van der Waals surface area contributed by atoms with Crippen LogP contribution in [0.2, 0.25) is 0 Å². The van der Waals surface area contributed by atoms with Gasteiger partial charge in [0.2, 0.25) is 0 Å². The number of benzene rings is 2. The number of hydrogen-bond donors (Lipinski definition) is 0. The Kier molecular flexibility index (Phi) is 13.4. The highest BCUT2D eigenvalue weighted by atomic mass is 19.1. The summed E-state index contributed by atoms with van der Waals surface area (Å²) in [5, 5.41) is 0. The van der Waals surface area contributed by atoms with Crippen LogP contribution in [-0.2, 0) is 0 Å². The summed E-state index contributed by atoms with van der Waals surface area (Å²) in [5.74, 6) is -1.26. The van der Waals surface area contributed by atoms with E-state index in [-0.39, 0.29) is 22.4 Å². The number of hydrogen-bond acceptors (Lipinski definition) is 2. The number of unbranched alkanes of at least 4 members (excludes halogenated alkanes) is 13. The van der Waals surface area contributed by atoms with Crippen LogP contribution >= 0.6 is 0 Å². The largest absolute Gasteiger partial charge is 0.493 e. The molecular formula is C29H40F2O2. The molecule has 2 nitrogen and oxygen atoms in total. The minimum absolute atomic E-state index is 0.187. The molecule has 0 bridgehead atoms. The molecule has 2 aromatic carbocycles. The van der Waals surface area contributed by atoms with Crippen molar-refractivity contribution in [2.24, 2.45) is 0 Å². The topological polar surface area (TPSA) is 26.3 Å². The molecule has 0 aliphatic carbocycles. The van der Waals surface area contributed by atoms with Gasteiger partial charge in [0.1, 0.15) is 17.4 Å². The Labute approximate surface area is 198 Å². The van der Waals surface area contributed by atoms with E-state index in [4.69, 9.17) is 4.74 Å². The van der Waals surface area contributed by atoms with Gasteiger partial charge >= 0.3 is 0 Å². The molecule has 0 saturated carbocycles. The third-order valence-electron chi connectivity index (χ3n) is 6.14. The first kappa shape index (κ1) is 27.0. The van der Waals surface area contributed by atoms with Gasteiger partial charge in [-0.2, -0.15) is 0 Å². The number of ether oxygens (including phenoxy) is 1. The summed E-state index contributed by atoms with van der Waals surface area (Å²) < 4.78 is 34.7. The Morgan fingerprint density at radius 2 is 1.21 bits per heavy atom. The SMILES string of the molecule is CCCCCCCCCCCCCCCCOc1cc(F)c(-c2ccccc2C=O)c(F)c1. The second-order valence-electron chi connectivity index (χ2n) is 8.91. The summed E-state index contributed by atoms with van der Waals surface area (Å²) in [7, 11) is 0. The maximum absolute atomic E-state index is 14.6. The average Bonchev–Trinajstić information content (AvgIpc) is 2.81. The van der Waals surface area contributed by atoms with Crippen LogP contribution in [0.25, 0.3) is 11.1 Å².